The summed E-state index contributed by atoms with van der Waals surface area (Å²) < 4.78 is 11.3. The van der Waals surface area contributed by atoms with Gasteiger partial charge in [0.05, 0.1) is 26.4 Å². The van der Waals surface area contributed by atoms with Crippen molar-refractivity contribution < 1.29 is 14.3 Å². The average molecular weight is 401 g/mol. The van der Waals surface area contributed by atoms with Crippen molar-refractivity contribution in [2.45, 2.75) is 13.5 Å². The van der Waals surface area contributed by atoms with Crippen molar-refractivity contribution in [1.82, 2.24) is 14.8 Å². The Bertz CT molecular complexity index is 538. The summed E-state index contributed by atoms with van der Waals surface area (Å²) in [5.74, 6) is 0.263. The van der Waals surface area contributed by atoms with Gasteiger partial charge >= 0.3 is 5.97 Å². The Morgan fingerprint density at radius 1 is 1.50 bits per heavy atom. The van der Waals surface area contributed by atoms with Crippen LogP contribution >= 0.6 is 15.9 Å². The second kappa shape index (κ2) is 9.93. The van der Waals surface area contributed by atoms with E-state index >= 15 is 0 Å². The van der Waals surface area contributed by atoms with Crippen molar-refractivity contribution in [2.24, 2.45) is 0 Å². The number of nitrogen functional groups attached to an aromatic ring is 1. The monoisotopic (exact) mass is 400 g/mol. The summed E-state index contributed by atoms with van der Waals surface area (Å²) in [6.45, 7) is 8.01. The number of hydrogen-bond acceptors (Lipinski definition) is 7. The third-order valence-electron chi connectivity index (χ3n) is 3.86. The maximum absolute atomic E-state index is 11.9. The number of nitrogens with two attached hydrogens (primary N) is 1. The van der Waals surface area contributed by atoms with Crippen molar-refractivity contribution >= 4 is 27.7 Å². The van der Waals surface area contributed by atoms with Crippen molar-refractivity contribution in [3.05, 3.63) is 22.3 Å². The second-order valence-electron chi connectivity index (χ2n) is 5.67. The molecule has 1 aliphatic heterocycles. The van der Waals surface area contributed by atoms with Crippen LogP contribution < -0.4 is 5.73 Å². The molecule has 1 aromatic heterocycles. The quantitative estimate of drug-likeness (QED) is 0.654. The van der Waals surface area contributed by atoms with E-state index in [0.29, 0.717) is 19.0 Å². The number of ether oxygens (including phenoxy) is 2. The van der Waals surface area contributed by atoms with Crippen LogP contribution in [0.3, 0.4) is 0 Å². The lowest BCUT2D eigenvalue weighted by Gasteiger charge is -2.29. The molecule has 134 valence electrons. The van der Waals surface area contributed by atoms with E-state index in [2.05, 4.69) is 25.8 Å². The first-order valence-electron chi connectivity index (χ1n) is 8.16. The molecule has 0 unspecified atom stereocenters. The average Bonchev–Trinajstić information content (AvgIpc) is 2.57. The van der Waals surface area contributed by atoms with E-state index in [1.807, 2.05) is 17.9 Å². The fourth-order valence-electron chi connectivity index (χ4n) is 2.57. The highest BCUT2D eigenvalue weighted by Crippen LogP contribution is 2.17. The summed E-state index contributed by atoms with van der Waals surface area (Å²) >= 11 is 3.41. The number of esters is 1. The minimum atomic E-state index is -0.221. The first-order valence-corrected chi connectivity index (χ1v) is 8.95. The lowest BCUT2D eigenvalue weighted by Crippen LogP contribution is -2.42. The van der Waals surface area contributed by atoms with Crippen molar-refractivity contribution in [3.63, 3.8) is 0 Å². The third-order valence-corrected chi connectivity index (χ3v) is 4.29. The molecule has 1 aliphatic rings. The summed E-state index contributed by atoms with van der Waals surface area (Å²) in [5.41, 5.74) is 6.86. The van der Waals surface area contributed by atoms with Crippen LogP contribution in [0.5, 0.6) is 0 Å². The Balaban J connectivity index is 1.98. The molecule has 1 aromatic rings. The predicted molar refractivity (Wildman–Crippen MR) is 95.5 cm³/mol. The van der Waals surface area contributed by atoms with Crippen LogP contribution in [0.15, 0.2) is 16.7 Å². The fourth-order valence-corrected chi connectivity index (χ4v) is 2.95. The molecule has 2 N–H and O–H groups in total. The highest BCUT2D eigenvalue weighted by atomic mass is 79.9. The molecule has 0 amide bonds. The third kappa shape index (κ3) is 6.35. The molecule has 0 atom stereocenters. The molecule has 0 spiro atoms. The number of carbonyl (C=O) groups excluding carboxylic acids is 1. The van der Waals surface area contributed by atoms with Gasteiger partial charge in [-0.3, -0.25) is 14.6 Å². The van der Waals surface area contributed by atoms with Gasteiger partial charge in [0, 0.05) is 49.0 Å². The zero-order chi connectivity index (χ0) is 17.4. The van der Waals surface area contributed by atoms with Gasteiger partial charge in [-0.25, -0.2) is 4.98 Å². The molecule has 0 aromatic carbocycles. The second-order valence-corrected chi connectivity index (χ2v) is 6.58. The summed E-state index contributed by atoms with van der Waals surface area (Å²) in [5, 5.41) is 0. The standard InChI is InChI=1S/C16H25BrN4O3/c1-2-24-15(22)12-21(4-3-20-5-7-23-8-6-20)11-13-9-14(17)10-19-16(13)18/h9-10H,2-8,11-12H2,1H3,(H2,18,19). The molecule has 24 heavy (non-hydrogen) atoms. The van der Waals surface area contributed by atoms with E-state index in [1.54, 1.807) is 6.20 Å². The van der Waals surface area contributed by atoms with E-state index in [0.717, 1.165) is 49.4 Å². The normalized spacial score (nSPS) is 15.6. The van der Waals surface area contributed by atoms with Gasteiger partial charge in [0.15, 0.2) is 0 Å². The van der Waals surface area contributed by atoms with Crippen molar-refractivity contribution in [1.29, 1.82) is 0 Å². The predicted octanol–water partition coefficient (Wildman–Crippen LogP) is 1.12. The molecule has 2 rings (SSSR count). The molecule has 8 heteroatoms. The van der Waals surface area contributed by atoms with E-state index in [4.69, 9.17) is 15.2 Å². The zero-order valence-electron chi connectivity index (χ0n) is 14.0. The smallest absolute Gasteiger partial charge is 0.320 e. The Hall–Kier alpha value is -1.22. The number of morpholine rings is 1. The zero-order valence-corrected chi connectivity index (χ0v) is 15.6. The molecular weight excluding hydrogens is 376 g/mol. The highest BCUT2D eigenvalue weighted by molar-refractivity contribution is 9.10. The Morgan fingerprint density at radius 2 is 2.25 bits per heavy atom. The number of hydrogen-bond donors (Lipinski definition) is 1. The van der Waals surface area contributed by atoms with Gasteiger partial charge in [-0.1, -0.05) is 0 Å². The molecular formula is C16H25BrN4O3. The molecule has 0 radical (unpaired) electrons. The first kappa shape index (κ1) is 19.1. The van der Waals surface area contributed by atoms with Gasteiger partial charge in [0.25, 0.3) is 0 Å². The van der Waals surface area contributed by atoms with E-state index in [1.165, 1.54) is 0 Å². The Labute approximate surface area is 151 Å². The van der Waals surface area contributed by atoms with Crippen molar-refractivity contribution in [3.8, 4) is 0 Å². The molecule has 2 heterocycles. The number of aromatic nitrogens is 1. The largest absolute Gasteiger partial charge is 0.465 e. The Morgan fingerprint density at radius 3 is 2.96 bits per heavy atom. The SMILES string of the molecule is CCOC(=O)CN(CCN1CCOCC1)Cc1cc(Br)cnc1N. The summed E-state index contributed by atoms with van der Waals surface area (Å²) in [6.07, 6.45) is 1.67. The molecule has 0 bridgehead atoms. The maximum Gasteiger partial charge on any atom is 0.320 e. The summed E-state index contributed by atoms with van der Waals surface area (Å²) in [4.78, 5) is 20.4. The van der Waals surface area contributed by atoms with E-state index in [-0.39, 0.29) is 12.5 Å². The van der Waals surface area contributed by atoms with Crippen molar-refractivity contribution in [2.75, 3.05) is 58.3 Å². The molecule has 7 nitrogen and oxygen atoms in total. The van der Waals surface area contributed by atoms with Crippen LogP contribution in [0.4, 0.5) is 5.82 Å². The molecule has 1 saturated heterocycles. The lowest BCUT2D eigenvalue weighted by molar-refractivity contribution is -0.144. The van der Waals surface area contributed by atoms with Gasteiger partial charge in [0.1, 0.15) is 5.82 Å². The number of carbonyl (C=O) groups is 1. The summed E-state index contributed by atoms with van der Waals surface area (Å²) in [7, 11) is 0. The first-order chi connectivity index (χ1) is 11.6. The van der Waals surface area contributed by atoms with Crippen LogP contribution in [-0.4, -0.2) is 73.3 Å². The van der Waals surface area contributed by atoms with Gasteiger partial charge in [0.2, 0.25) is 0 Å². The number of halogens is 1. The molecule has 0 saturated carbocycles. The van der Waals surface area contributed by atoms with Gasteiger partial charge < -0.3 is 15.2 Å². The van der Waals surface area contributed by atoms with Crippen LogP contribution in [0, 0.1) is 0 Å². The minimum Gasteiger partial charge on any atom is -0.465 e. The van der Waals surface area contributed by atoms with E-state index < -0.39 is 0 Å². The number of anilines is 1. The van der Waals surface area contributed by atoms with Crippen LogP contribution in [0.1, 0.15) is 12.5 Å². The van der Waals surface area contributed by atoms with Gasteiger partial charge in [-0.2, -0.15) is 0 Å². The number of pyridine rings is 1. The molecule has 0 aliphatic carbocycles. The van der Waals surface area contributed by atoms with Gasteiger partial charge in [-0.05, 0) is 28.9 Å². The van der Waals surface area contributed by atoms with Crippen LogP contribution in [0.2, 0.25) is 0 Å². The van der Waals surface area contributed by atoms with Crippen LogP contribution in [0.25, 0.3) is 0 Å². The Kier molecular flexibility index (Phi) is 7.90. The lowest BCUT2D eigenvalue weighted by atomic mass is 10.2. The maximum atomic E-state index is 11.9. The summed E-state index contributed by atoms with van der Waals surface area (Å²) in [6, 6.07) is 1.94. The highest BCUT2D eigenvalue weighted by Gasteiger charge is 2.17. The molecule has 1 fully saturated rings. The minimum absolute atomic E-state index is 0.221. The van der Waals surface area contributed by atoms with Gasteiger partial charge in [-0.15, -0.1) is 0 Å². The number of nitrogens with zero attached hydrogens (tertiary/aromatic N) is 3. The topological polar surface area (TPSA) is 80.9 Å². The number of rotatable bonds is 8. The van der Waals surface area contributed by atoms with E-state index in [9.17, 15) is 4.79 Å². The van der Waals surface area contributed by atoms with Crippen LogP contribution in [-0.2, 0) is 20.8 Å². The fraction of sp³-hybridized carbons (Fsp3) is 0.625.